The Hall–Kier alpha value is -0.940. The highest BCUT2D eigenvalue weighted by Gasteiger charge is 2.24. The first-order valence-corrected chi connectivity index (χ1v) is 10.1. The molecule has 0 spiro atoms. The van der Waals surface area contributed by atoms with Crippen molar-refractivity contribution in [3.63, 3.8) is 0 Å². The third-order valence-electron chi connectivity index (χ3n) is 4.41. The van der Waals surface area contributed by atoms with Crippen molar-refractivity contribution in [3.05, 3.63) is 0 Å². The first kappa shape index (κ1) is 24.1. The number of rotatable bonds is 16. The minimum atomic E-state index is -1.28. The Balaban J connectivity index is 3.77. The van der Waals surface area contributed by atoms with Crippen LogP contribution >= 0.6 is 0 Å². The molecule has 5 heteroatoms. The van der Waals surface area contributed by atoms with Crippen molar-refractivity contribution >= 4 is 11.9 Å². The fourth-order valence-corrected chi connectivity index (χ4v) is 2.71. The highest BCUT2D eigenvalue weighted by atomic mass is 16.6. The van der Waals surface area contributed by atoms with Gasteiger partial charge in [-0.1, -0.05) is 90.9 Å². The number of ether oxygens (including phenoxy) is 1. The quantitative estimate of drug-likeness (QED) is 0.244. The van der Waals surface area contributed by atoms with Crippen LogP contribution < -0.4 is 0 Å². The predicted molar refractivity (Wildman–Crippen MR) is 99.1 cm³/mol. The summed E-state index contributed by atoms with van der Waals surface area (Å²) in [7, 11) is 0. The lowest BCUT2D eigenvalue weighted by molar-refractivity contribution is -0.171. The fourth-order valence-electron chi connectivity index (χ4n) is 2.71. The van der Waals surface area contributed by atoms with Gasteiger partial charge in [0.1, 0.15) is 0 Å². The molecule has 2 unspecified atom stereocenters. The smallest absolute Gasteiger partial charge is 0.342 e. The fraction of sp³-hybridized carbons (Fsp3) is 0.900. The Morgan fingerprint density at radius 1 is 0.640 bits per heavy atom. The van der Waals surface area contributed by atoms with E-state index in [9.17, 15) is 19.8 Å². The van der Waals surface area contributed by atoms with E-state index in [2.05, 4.69) is 18.6 Å². The second kappa shape index (κ2) is 16.5. The van der Waals surface area contributed by atoms with Gasteiger partial charge >= 0.3 is 11.9 Å². The molecular formula is C20H38O5. The van der Waals surface area contributed by atoms with E-state index in [1.807, 2.05) is 0 Å². The number of hydrogen-bond acceptors (Lipinski definition) is 5. The zero-order valence-electron chi connectivity index (χ0n) is 16.2. The monoisotopic (exact) mass is 358 g/mol. The van der Waals surface area contributed by atoms with E-state index in [-0.39, 0.29) is 0 Å². The summed E-state index contributed by atoms with van der Waals surface area (Å²) >= 11 is 0. The molecular weight excluding hydrogens is 320 g/mol. The molecule has 2 N–H and O–H groups in total. The Morgan fingerprint density at radius 3 is 1.32 bits per heavy atom. The zero-order chi connectivity index (χ0) is 18.9. The van der Waals surface area contributed by atoms with Crippen molar-refractivity contribution in [1.29, 1.82) is 0 Å². The number of unbranched alkanes of at least 4 members (excludes halogenated alkanes) is 10. The average molecular weight is 359 g/mol. The average Bonchev–Trinajstić information content (AvgIpc) is 2.60. The van der Waals surface area contributed by atoms with E-state index < -0.39 is 24.1 Å². The van der Waals surface area contributed by atoms with Crippen molar-refractivity contribution in [2.45, 2.75) is 116 Å². The molecule has 0 rings (SSSR count). The predicted octanol–water partition coefficient (Wildman–Crippen LogP) is 4.28. The normalized spacial score (nSPS) is 13.4. The molecule has 148 valence electrons. The van der Waals surface area contributed by atoms with Crippen LogP contribution in [0, 0.1) is 0 Å². The first-order chi connectivity index (χ1) is 12.0. The molecule has 0 aromatic heterocycles. The molecule has 0 saturated heterocycles. The minimum absolute atomic E-state index is 0.297. The Morgan fingerprint density at radius 2 is 0.960 bits per heavy atom. The second-order valence-electron chi connectivity index (χ2n) is 6.88. The number of esters is 2. The van der Waals surface area contributed by atoms with Gasteiger partial charge in [0.2, 0.25) is 0 Å². The molecule has 0 aliphatic heterocycles. The molecule has 0 radical (unpaired) electrons. The van der Waals surface area contributed by atoms with Crippen LogP contribution in [-0.2, 0) is 14.3 Å². The molecule has 2 atom stereocenters. The molecule has 0 aromatic rings. The van der Waals surface area contributed by atoms with Crippen LogP contribution in [0.5, 0.6) is 0 Å². The van der Waals surface area contributed by atoms with Gasteiger partial charge in [0.15, 0.2) is 12.2 Å². The van der Waals surface area contributed by atoms with E-state index in [0.29, 0.717) is 12.8 Å². The van der Waals surface area contributed by atoms with Gasteiger partial charge in [0, 0.05) is 0 Å². The van der Waals surface area contributed by atoms with Gasteiger partial charge in [-0.2, -0.15) is 0 Å². The number of aliphatic hydroxyl groups is 2. The number of hydrogen-bond donors (Lipinski definition) is 2. The van der Waals surface area contributed by atoms with E-state index in [4.69, 9.17) is 0 Å². The van der Waals surface area contributed by atoms with E-state index >= 15 is 0 Å². The van der Waals surface area contributed by atoms with Gasteiger partial charge in [-0.25, -0.2) is 9.59 Å². The van der Waals surface area contributed by atoms with Crippen LogP contribution in [0.3, 0.4) is 0 Å². The molecule has 0 aliphatic carbocycles. The van der Waals surface area contributed by atoms with E-state index in [0.717, 1.165) is 38.5 Å². The zero-order valence-corrected chi connectivity index (χ0v) is 16.2. The standard InChI is InChI=1S/C20H38O5/c1-3-5-7-9-11-13-15-17(21)19(23)25-20(24)18(22)16-14-12-10-8-6-4-2/h17-18,21-22H,3-16H2,1-2H3. The summed E-state index contributed by atoms with van der Waals surface area (Å²) in [5, 5.41) is 19.5. The lowest BCUT2D eigenvalue weighted by Crippen LogP contribution is -2.31. The third-order valence-corrected chi connectivity index (χ3v) is 4.41. The van der Waals surface area contributed by atoms with Crippen molar-refractivity contribution in [3.8, 4) is 0 Å². The summed E-state index contributed by atoms with van der Waals surface area (Å²) in [5.74, 6) is -1.89. The van der Waals surface area contributed by atoms with Crippen molar-refractivity contribution in [1.82, 2.24) is 0 Å². The van der Waals surface area contributed by atoms with E-state index in [1.165, 1.54) is 38.5 Å². The van der Waals surface area contributed by atoms with Crippen LogP contribution in [-0.4, -0.2) is 34.4 Å². The van der Waals surface area contributed by atoms with Gasteiger partial charge in [-0.3, -0.25) is 0 Å². The van der Waals surface area contributed by atoms with Gasteiger partial charge in [0.25, 0.3) is 0 Å². The highest BCUT2D eigenvalue weighted by Crippen LogP contribution is 2.11. The molecule has 0 heterocycles. The lowest BCUT2D eigenvalue weighted by atomic mass is 10.1. The maximum Gasteiger partial charge on any atom is 0.342 e. The first-order valence-electron chi connectivity index (χ1n) is 10.1. The topological polar surface area (TPSA) is 83.8 Å². The molecule has 0 saturated carbocycles. The van der Waals surface area contributed by atoms with Crippen LogP contribution in [0.4, 0.5) is 0 Å². The summed E-state index contributed by atoms with van der Waals surface area (Å²) in [6.07, 6.45) is 10.7. The molecule has 0 aliphatic rings. The van der Waals surface area contributed by atoms with Crippen LogP contribution in [0.15, 0.2) is 0 Å². The third kappa shape index (κ3) is 14.0. The maximum absolute atomic E-state index is 11.7. The van der Waals surface area contributed by atoms with Gasteiger partial charge in [-0.05, 0) is 12.8 Å². The Bertz CT molecular complexity index is 311. The maximum atomic E-state index is 11.7. The second-order valence-corrected chi connectivity index (χ2v) is 6.88. The van der Waals surface area contributed by atoms with E-state index in [1.54, 1.807) is 0 Å². The summed E-state index contributed by atoms with van der Waals surface area (Å²) in [4.78, 5) is 23.3. The molecule has 5 nitrogen and oxygen atoms in total. The Kier molecular flexibility index (Phi) is 15.9. The molecule has 0 aromatic carbocycles. The van der Waals surface area contributed by atoms with Crippen LogP contribution in [0.25, 0.3) is 0 Å². The van der Waals surface area contributed by atoms with Gasteiger partial charge in [-0.15, -0.1) is 0 Å². The van der Waals surface area contributed by atoms with Gasteiger partial charge < -0.3 is 14.9 Å². The number of aliphatic hydroxyl groups excluding tert-OH is 2. The molecule has 25 heavy (non-hydrogen) atoms. The summed E-state index contributed by atoms with van der Waals surface area (Å²) in [6, 6.07) is 0. The Labute approximate surface area is 153 Å². The van der Waals surface area contributed by atoms with Crippen molar-refractivity contribution < 1.29 is 24.5 Å². The summed E-state index contributed by atoms with van der Waals surface area (Å²) < 4.78 is 4.59. The molecule has 0 fully saturated rings. The number of carbonyl (C=O) groups excluding carboxylic acids is 2. The summed E-state index contributed by atoms with van der Waals surface area (Å²) in [6.45, 7) is 4.30. The minimum Gasteiger partial charge on any atom is -0.389 e. The molecule has 0 amide bonds. The summed E-state index contributed by atoms with van der Waals surface area (Å²) in [5.41, 5.74) is 0. The molecule has 0 bridgehead atoms. The van der Waals surface area contributed by atoms with Crippen LogP contribution in [0.2, 0.25) is 0 Å². The largest absolute Gasteiger partial charge is 0.389 e. The van der Waals surface area contributed by atoms with Crippen LogP contribution in [0.1, 0.15) is 104 Å². The van der Waals surface area contributed by atoms with Gasteiger partial charge in [0.05, 0.1) is 0 Å². The van der Waals surface area contributed by atoms with Crippen molar-refractivity contribution in [2.75, 3.05) is 0 Å². The highest BCUT2D eigenvalue weighted by molar-refractivity contribution is 5.89. The lowest BCUT2D eigenvalue weighted by Gasteiger charge is -2.12. The van der Waals surface area contributed by atoms with Crippen molar-refractivity contribution in [2.24, 2.45) is 0 Å². The SMILES string of the molecule is CCCCCCCCC(O)C(=O)OC(=O)C(O)CCCCCCCC. The number of carbonyl (C=O) groups is 2.